The Balaban J connectivity index is 2.13. The van der Waals surface area contributed by atoms with Crippen molar-refractivity contribution in [1.29, 1.82) is 0 Å². The van der Waals surface area contributed by atoms with E-state index in [0.717, 1.165) is 30.4 Å². The number of ether oxygens (including phenoxy) is 2. The van der Waals surface area contributed by atoms with Gasteiger partial charge in [-0.25, -0.2) is 0 Å². The largest absolute Gasteiger partial charge is 0.468 e. The van der Waals surface area contributed by atoms with Crippen molar-refractivity contribution in [2.24, 2.45) is 5.41 Å². The highest BCUT2D eigenvalue weighted by molar-refractivity contribution is 7.53. The molecule has 0 heterocycles. The third kappa shape index (κ3) is 4.17. The van der Waals surface area contributed by atoms with Gasteiger partial charge in [0.15, 0.2) is 16.4 Å². The molecule has 0 aromatic heterocycles. The van der Waals surface area contributed by atoms with Crippen molar-refractivity contribution < 1.29 is 23.6 Å². The molecule has 0 saturated carbocycles. The van der Waals surface area contributed by atoms with Gasteiger partial charge >= 0.3 is 19.7 Å². The Kier molecular flexibility index (Phi) is 7.04. The second-order valence-electron chi connectivity index (χ2n) is 7.76. The number of rotatable bonds is 7. The highest BCUT2D eigenvalue weighted by Gasteiger charge is 2.57. The van der Waals surface area contributed by atoms with Crippen LogP contribution in [0.25, 0.3) is 0 Å². The monoisotopic (exact) mass is 427 g/mol. The number of benzene rings is 2. The highest BCUT2D eigenvalue weighted by Crippen LogP contribution is 2.54. The normalized spacial score (nSPS) is 17.6. The maximum absolute atomic E-state index is 13.6. The van der Waals surface area contributed by atoms with Crippen molar-refractivity contribution in [3.63, 3.8) is 0 Å². The fourth-order valence-corrected chi connectivity index (χ4v) is 6.03. The maximum atomic E-state index is 13.6. The number of hydrogen-bond acceptors (Lipinski definition) is 5. The Hall–Kier alpha value is -2.52. The molecule has 5 nitrogen and oxygen atoms in total. The summed E-state index contributed by atoms with van der Waals surface area (Å²) >= 11 is 0. The zero-order valence-electron chi connectivity index (χ0n) is 17.7. The first kappa shape index (κ1) is 22.2. The average Bonchev–Trinajstić information content (AvgIpc) is 2.80. The van der Waals surface area contributed by atoms with Crippen LogP contribution in [0.5, 0.6) is 0 Å². The van der Waals surface area contributed by atoms with Crippen molar-refractivity contribution in [1.82, 2.24) is 0 Å². The quantitative estimate of drug-likeness (QED) is 0.370. The van der Waals surface area contributed by atoms with Crippen molar-refractivity contribution in [3.05, 3.63) is 65.2 Å². The summed E-state index contributed by atoms with van der Waals surface area (Å²) in [5, 5.41) is 0.702. The molecule has 6 heteroatoms. The minimum atomic E-state index is -1.89. The van der Waals surface area contributed by atoms with E-state index in [4.69, 9.17) is 9.47 Å². The molecule has 30 heavy (non-hydrogen) atoms. The number of methoxy groups -OCH3 is 2. The molecule has 1 aliphatic carbocycles. The van der Waals surface area contributed by atoms with Crippen LogP contribution < -0.4 is 5.30 Å². The van der Waals surface area contributed by atoms with Crippen LogP contribution >= 0.6 is 7.80 Å². The summed E-state index contributed by atoms with van der Waals surface area (Å²) in [6.07, 6.45) is 3.39. The summed E-state index contributed by atoms with van der Waals surface area (Å²) < 4.78 is 23.7. The van der Waals surface area contributed by atoms with Crippen LogP contribution in [0, 0.1) is 5.41 Å². The smallest absolute Gasteiger partial charge is 0.384 e. The summed E-state index contributed by atoms with van der Waals surface area (Å²) in [5.74, 6) is -1.28. The van der Waals surface area contributed by atoms with Crippen LogP contribution in [-0.2, 0) is 36.5 Å². The Morgan fingerprint density at radius 1 is 1.07 bits per heavy atom. The number of aryl methyl sites for hydroxylation is 1. The number of fused-ring (bicyclic) bond motifs is 1. The van der Waals surface area contributed by atoms with Crippen molar-refractivity contribution in [2.75, 3.05) is 14.2 Å². The van der Waals surface area contributed by atoms with Crippen LogP contribution in [0.15, 0.2) is 48.5 Å². The molecule has 0 saturated heterocycles. The van der Waals surface area contributed by atoms with Gasteiger partial charge in [0, 0.05) is 12.0 Å². The van der Waals surface area contributed by atoms with Crippen LogP contribution in [-0.4, -0.2) is 26.2 Å². The van der Waals surface area contributed by atoms with Gasteiger partial charge in [-0.3, -0.25) is 9.59 Å². The molecule has 0 spiro atoms. The van der Waals surface area contributed by atoms with Crippen LogP contribution in [0.3, 0.4) is 0 Å². The second kappa shape index (κ2) is 9.53. The number of esters is 2. The first-order valence-electron chi connectivity index (χ1n) is 10.3. The predicted octanol–water partition coefficient (Wildman–Crippen LogP) is 4.50. The SMILES string of the molecule is CCCCc1ccc2c(c1)C([P+](=O)c1ccccc1)CC(C(=O)OC)(C(=O)OC)C2. The van der Waals surface area contributed by atoms with Gasteiger partial charge in [-0.1, -0.05) is 54.3 Å². The molecule has 2 aromatic carbocycles. The van der Waals surface area contributed by atoms with Gasteiger partial charge < -0.3 is 9.47 Å². The Morgan fingerprint density at radius 2 is 1.73 bits per heavy atom. The molecular weight excluding hydrogens is 399 g/mol. The van der Waals surface area contributed by atoms with Crippen molar-refractivity contribution >= 4 is 25.0 Å². The highest BCUT2D eigenvalue weighted by atomic mass is 31.1. The van der Waals surface area contributed by atoms with E-state index >= 15 is 0 Å². The summed E-state index contributed by atoms with van der Waals surface area (Å²) in [6, 6.07) is 15.3. The average molecular weight is 427 g/mol. The van der Waals surface area contributed by atoms with E-state index in [-0.39, 0.29) is 12.8 Å². The predicted molar refractivity (Wildman–Crippen MR) is 116 cm³/mol. The minimum absolute atomic E-state index is 0.0979. The summed E-state index contributed by atoms with van der Waals surface area (Å²) in [6.45, 7) is 2.15. The van der Waals surface area contributed by atoms with Gasteiger partial charge in [-0.05, 0) is 42.5 Å². The van der Waals surface area contributed by atoms with Gasteiger partial charge in [-0.2, -0.15) is 0 Å². The molecule has 0 amide bonds. The van der Waals surface area contributed by atoms with Crippen LogP contribution in [0.4, 0.5) is 0 Å². The molecule has 1 aliphatic rings. The molecule has 158 valence electrons. The maximum Gasteiger partial charge on any atom is 0.384 e. The summed E-state index contributed by atoms with van der Waals surface area (Å²) in [4.78, 5) is 25.6. The molecule has 2 aromatic rings. The molecule has 0 aliphatic heterocycles. The standard InChI is InChI=1S/C24H28O5P/c1-4-5-9-17-12-13-18-15-24(22(25)28-2,23(26)29-3)16-21(20(18)14-17)30(27)19-10-7-6-8-11-19/h6-8,10-14,21H,4-5,9,15-16H2,1-3H3/q+1. The van der Waals surface area contributed by atoms with E-state index in [2.05, 4.69) is 13.0 Å². The molecule has 0 N–H and O–H groups in total. The number of carbonyl (C=O) groups excluding carboxylic acids is 2. The van der Waals surface area contributed by atoms with E-state index in [0.29, 0.717) is 5.30 Å². The minimum Gasteiger partial charge on any atom is -0.468 e. The van der Waals surface area contributed by atoms with E-state index < -0.39 is 30.8 Å². The summed E-state index contributed by atoms with van der Waals surface area (Å²) in [5.41, 5.74) is 1.01. The lowest BCUT2D eigenvalue weighted by atomic mass is 9.70. The fraction of sp³-hybridized carbons (Fsp3) is 0.417. The number of hydrogen-bond donors (Lipinski definition) is 0. The molecule has 2 atom stereocenters. The second-order valence-corrected chi connectivity index (χ2v) is 9.55. The van der Waals surface area contributed by atoms with E-state index in [1.807, 2.05) is 42.5 Å². The first-order chi connectivity index (χ1) is 14.5. The molecular formula is C24H28O5P+. The van der Waals surface area contributed by atoms with E-state index in [1.54, 1.807) is 0 Å². The van der Waals surface area contributed by atoms with Gasteiger partial charge in [0.2, 0.25) is 0 Å². The molecule has 3 rings (SSSR count). The van der Waals surface area contributed by atoms with Crippen molar-refractivity contribution in [2.45, 2.75) is 44.7 Å². The van der Waals surface area contributed by atoms with Gasteiger partial charge in [-0.15, -0.1) is 0 Å². The third-order valence-corrected chi connectivity index (χ3v) is 7.70. The third-order valence-electron chi connectivity index (χ3n) is 5.87. The Bertz CT molecular complexity index is 922. The molecule has 0 bridgehead atoms. The Labute approximate surface area is 178 Å². The number of carbonyl (C=O) groups is 2. The zero-order valence-corrected chi connectivity index (χ0v) is 18.6. The molecule has 2 unspecified atom stereocenters. The van der Waals surface area contributed by atoms with Gasteiger partial charge in [0.25, 0.3) is 0 Å². The van der Waals surface area contributed by atoms with Crippen molar-refractivity contribution in [3.8, 4) is 0 Å². The zero-order chi connectivity index (χ0) is 21.7. The van der Waals surface area contributed by atoms with Crippen LogP contribution in [0.2, 0.25) is 0 Å². The van der Waals surface area contributed by atoms with Gasteiger partial charge in [0.05, 0.1) is 14.2 Å². The Morgan fingerprint density at radius 3 is 2.33 bits per heavy atom. The van der Waals surface area contributed by atoms with Gasteiger partial charge in [0.1, 0.15) is 0 Å². The lowest BCUT2D eigenvalue weighted by Crippen LogP contribution is -2.46. The number of unbranched alkanes of at least 4 members (excludes halogenated alkanes) is 1. The molecule has 0 radical (unpaired) electrons. The fourth-order valence-electron chi connectivity index (χ4n) is 4.24. The lowest BCUT2D eigenvalue weighted by Gasteiger charge is -2.34. The van der Waals surface area contributed by atoms with E-state index in [9.17, 15) is 14.2 Å². The topological polar surface area (TPSA) is 69.7 Å². The van der Waals surface area contributed by atoms with E-state index in [1.165, 1.54) is 19.8 Å². The lowest BCUT2D eigenvalue weighted by molar-refractivity contribution is -0.170. The molecule has 0 fully saturated rings. The summed E-state index contributed by atoms with van der Waals surface area (Å²) in [7, 11) is 0.644. The van der Waals surface area contributed by atoms with Crippen LogP contribution in [0.1, 0.15) is 48.5 Å². The first-order valence-corrected chi connectivity index (χ1v) is 11.6.